The van der Waals surface area contributed by atoms with Crippen LogP contribution in [0.3, 0.4) is 0 Å². The number of hydrogen-bond acceptors (Lipinski definition) is 7. The van der Waals surface area contributed by atoms with Crippen molar-refractivity contribution in [3.63, 3.8) is 0 Å². The molecule has 4 rings (SSSR count). The summed E-state index contributed by atoms with van der Waals surface area (Å²) >= 11 is 1.50. The summed E-state index contributed by atoms with van der Waals surface area (Å²) < 4.78 is 15.8. The molecule has 0 radical (unpaired) electrons. The summed E-state index contributed by atoms with van der Waals surface area (Å²) in [5.74, 6) is 1.56. The Morgan fingerprint density at radius 3 is 2.39 bits per heavy atom. The first kappa shape index (κ1) is 22.2. The monoisotopic (exact) mass is 461 g/mol. The highest BCUT2D eigenvalue weighted by molar-refractivity contribution is 7.14. The highest BCUT2D eigenvalue weighted by Gasteiger charge is 2.14. The predicted molar refractivity (Wildman–Crippen MR) is 131 cm³/mol. The Morgan fingerprint density at radius 1 is 0.848 bits per heavy atom. The van der Waals surface area contributed by atoms with Crippen LogP contribution in [0.1, 0.15) is 10.4 Å². The minimum absolute atomic E-state index is 0.273. The van der Waals surface area contributed by atoms with Gasteiger partial charge in [0.25, 0.3) is 5.91 Å². The van der Waals surface area contributed by atoms with Crippen molar-refractivity contribution in [2.24, 2.45) is 0 Å². The Labute approximate surface area is 196 Å². The van der Waals surface area contributed by atoms with Crippen LogP contribution >= 0.6 is 11.3 Å². The summed E-state index contributed by atoms with van der Waals surface area (Å²) in [6, 6.07) is 20.3. The Balaban J connectivity index is 1.50. The smallest absolute Gasteiger partial charge is 0.259 e. The zero-order valence-electron chi connectivity index (χ0n) is 18.4. The van der Waals surface area contributed by atoms with Crippen LogP contribution in [0.15, 0.2) is 72.1 Å². The molecule has 0 saturated heterocycles. The topological polar surface area (TPSA) is 81.7 Å². The maximum absolute atomic E-state index is 12.8. The number of amides is 1. The van der Waals surface area contributed by atoms with E-state index in [1.165, 1.54) is 18.4 Å². The van der Waals surface area contributed by atoms with Crippen LogP contribution in [0.2, 0.25) is 0 Å². The number of nitrogens with zero attached hydrogens (tertiary/aromatic N) is 1. The summed E-state index contributed by atoms with van der Waals surface area (Å²) in [6.45, 7) is 0. The lowest BCUT2D eigenvalue weighted by molar-refractivity contribution is 0.102. The van der Waals surface area contributed by atoms with Crippen LogP contribution in [-0.2, 0) is 0 Å². The van der Waals surface area contributed by atoms with Gasteiger partial charge in [0, 0.05) is 34.5 Å². The van der Waals surface area contributed by atoms with Gasteiger partial charge in [-0.3, -0.25) is 4.79 Å². The molecule has 33 heavy (non-hydrogen) atoms. The van der Waals surface area contributed by atoms with Gasteiger partial charge in [-0.05, 0) is 36.4 Å². The lowest BCUT2D eigenvalue weighted by atomic mass is 10.1. The Morgan fingerprint density at radius 2 is 1.61 bits per heavy atom. The zero-order valence-corrected chi connectivity index (χ0v) is 19.2. The zero-order chi connectivity index (χ0) is 23.2. The molecule has 3 aromatic carbocycles. The van der Waals surface area contributed by atoms with Crippen molar-refractivity contribution in [2.75, 3.05) is 32.0 Å². The predicted octanol–water partition coefficient (Wildman–Crippen LogP) is 5.83. The first-order valence-corrected chi connectivity index (χ1v) is 11.0. The van der Waals surface area contributed by atoms with Gasteiger partial charge in [-0.15, -0.1) is 11.3 Å². The van der Waals surface area contributed by atoms with Gasteiger partial charge in [-0.2, -0.15) is 0 Å². The number of benzene rings is 3. The number of hydrogen-bond donors (Lipinski definition) is 2. The molecule has 0 atom stereocenters. The lowest BCUT2D eigenvalue weighted by Crippen LogP contribution is -2.13. The second kappa shape index (κ2) is 10.1. The summed E-state index contributed by atoms with van der Waals surface area (Å²) in [5, 5.41) is 8.95. The van der Waals surface area contributed by atoms with Crippen LogP contribution in [0, 0.1) is 0 Å². The Bertz CT molecular complexity index is 1270. The number of ether oxygens (including phenoxy) is 3. The molecular formula is C25H23N3O4S. The third-order valence-electron chi connectivity index (χ3n) is 4.89. The van der Waals surface area contributed by atoms with Gasteiger partial charge in [0.05, 0.1) is 32.6 Å². The Hall–Kier alpha value is -4.04. The molecule has 0 unspecified atom stereocenters. The summed E-state index contributed by atoms with van der Waals surface area (Å²) in [5.41, 5.74) is 3.67. The average molecular weight is 462 g/mol. The largest absolute Gasteiger partial charge is 0.497 e. The summed E-state index contributed by atoms with van der Waals surface area (Å²) in [6.07, 6.45) is 0. The molecule has 7 nitrogen and oxygen atoms in total. The minimum Gasteiger partial charge on any atom is -0.497 e. The van der Waals surface area contributed by atoms with Crippen LogP contribution in [-0.4, -0.2) is 32.2 Å². The van der Waals surface area contributed by atoms with Crippen LogP contribution < -0.4 is 24.8 Å². The van der Waals surface area contributed by atoms with Crippen molar-refractivity contribution in [3.05, 3.63) is 77.7 Å². The summed E-state index contributed by atoms with van der Waals surface area (Å²) in [4.78, 5) is 17.5. The van der Waals surface area contributed by atoms with E-state index in [-0.39, 0.29) is 5.91 Å². The first-order chi connectivity index (χ1) is 16.1. The highest BCUT2D eigenvalue weighted by atomic mass is 32.1. The van der Waals surface area contributed by atoms with E-state index in [0.29, 0.717) is 22.7 Å². The van der Waals surface area contributed by atoms with Gasteiger partial charge in [0.2, 0.25) is 0 Å². The molecule has 0 bridgehead atoms. The molecule has 4 aromatic rings. The number of methoxy groups -OCH3 is 3. The molecule has 0 aliphatic rings. The van der Waals surface area contributed by atoms with Gasteiger partial charge in [-0.25, -0.2) is 4.98 Å². The molecule has 0 fully saturated rings. The van der Waals surface area contributed by atoms with E-state index in [1.807, 2.05) is 53.9 Å². The van der Waals surface area contributed by atoms with Gasteiger partial charge in [0.1, 0.15) is 17.2 Å². The molecule has 1 heterocycles. The summed E-state index contributed by atoms with van der Waals surface area (Å²) in [7, 11) is 4.72. The number of nitrogens with one attached hydrogen (secondary N) is 2. The lowest BCUT2D eigenvalue weighted by Gasteiger charge is -2.11. The molecule has 0 saturated carbocycles. The van der Waals surface area contributed by atoms with Crippen molar-refractivity contribution >= 4 is 33.8 Å². The molecule has 168 valence electrons. The molecule has 0 aliphatic heterocycles. The number of anilines is 3. The van der Waals surface area contributed by atoms with E-state index in [4.69, 9.17) is 14.2 Å². The molecule has 8 heteroatoms. The van der Waals surface area contributed by atoms with Gasteiger partial charge >= 0.3 is 0 Å². The minimum atomic E-state index is -0.273. The fraction of sp³-hybridized carbons (Fsp3) is 0.120. The van der Waals surface area contributed by atoms with E-state index in [2.05, 4.69) is 15.6 Å². The van der Waals surface area contributed by atoms with Crippen molar-refractivity contribution in [2.45, 2.75) is 0 Å². The molecule has 2 N–H and O–H groups in total. The SMILES string of the molecule is COc1cccc(Nc2nc(-c3cccc(NC(=O)c4ccc(OC)cc4OC)c3)cs2)c1. The second-order valence-corrected chi connectivity index (χ2v) is 7.85. The van der Waals surface area contributed by atoms with E-state index >= 15 is 0 Å². The van der Waals surface area contributed by atoms with Crippen molar-refractivity contribution in [3.8, 4) is 28.5 Å². The number of rotatable bonds is 8. The molecule has 1 amide bonds. The Kier molecular flexibility index (Phi) is 6.75. The maximum Gasteiger partial charge on any atom is 0.259 e. The van der Waals surface area contributed by atoms with Crippen molar-refractivity contribution < 1.29 is 19.0 Å². The van der Waals surface area contributed by atoms with Crippen molar-refractivity contribution in [1.82, 2.24) is 4.98 Å². The van der Waals surface area contributed by atoms with Gasteiger partial charge in [0.15, 0.2) is 5.13 Å². The quantitative estimate of drug-likeness (QED) is 0.343. The van der Waals surface area contributed by atoms with Crippen LogP contribution in [0.5, 0.6) is 17.2 Å². The van der Waals surface area contributed by atoms with E-state index in [0.717, 1.165) is 27.8 Å². The highest BCUT2D eigenvalue weighted by Crippen LogP contribution is 2.30. The van der Waals surface area contributed by atoms with E-state index in [9.17, 15) is 4.79 Å². The fourth-order valence-electron chi connectivity index (χ4n) is 3.23. The average Bonchev–Trinajstić information content (AvgIpc) is 3.32. The number of carbonyl (C=O) groups is 1. The standard InChI is InChI=1S/C25H23N3O4S/c1-30-19-9-5-8-18(13-19)27-25-28-22(15-33-25)16-6-4-7-17(12-16)26-24(29)21-11-10-20(31-2)14-23(21)32-3/h4-15H,1-3H3,(H,26,29)(H,27,28). The normalized spacial score (nSPS) is 10.4. The fourth-order valence-corrected chi connectivity index (χ4v) is 3.97. The van der Waals surface area contributed by atoms with Gasteiger partial charge < -0.3 is 24.8 Å². The third kappa shape index (κ3) is 5.24. The number of carbonyl (C=O) groups excluding carboxylic acids is 1. The van der Waals surface area contributed by atoms with E-state index in [1.54, 1.807) is 32.4 Å². The number of aromatic nitrogens is 1. The maximum atomic E-state index is 12.8. The van der Waals surface area contributed by atoms with Crippen molar-refractivity contribution in [1.29, 1.82) is 0 Å². The van der Waals surface area contributed by atoms with E-state index < -0.39 is 0 Å². The molecule has 0 spiro atoms. The molecule has 1 aromatic heterocycles. The molecule has 0 aliphatic carbocycles. The van der Waals surface area contributed by atoms with Gasteiger partial charge in [-0.1, -0.05) is 18.2 Å². The molecular weight excluding hydrogens is 438 g/mol. The van der Waals surface area contributed by atoms with Crippen LogP contribution in [0.4, 0.5) is 16.5 Å². The van der Waals surface area contributed by atoms with Crippen LogP contribution in [0.25, 0.3) is 11.3 Å². The number of thiazole rings is 1. The second-order valence-electron chi connectivity index (χ2n) is 7.00. The third-order valence-corrected chi connectivity index (χ3v) is 5.65. The first-order valence-electron chi connectivity index (χ1n) is 10.1.